The van der Waals surface area contributed by atoms with E-state index in [1.165, 1.54) is 0 Å². The van der Waals surface area contributed by atoms with Crippen molar-refractivity contribution in [1.82, 2.24) is 9.97 Å². The van der Waals surface area contributed by atoms with Crippen LogP contribution in [0.25, 0.3) is 0 Å². The molecule has 0 aromatic carbocycles. The first kappa shape index (κ1) is 13.4. The molecule has 0 radical (unpaired) electrons. The minimum absolute atomic E-state index is 0.497. The highest BCUT2D eigenvalue weighted by atomic mass is 79.9. The van der Waals surface area contributed by atoms with E-state index in [0.29, 0.717) is 6.04 Å². The Balaban J connectivity index is 2.94. The van der Waals surface area contributed by atoms with Gasteiger partial charge in [0.1, 0.15) is 16.2 Å². The quantitative estimate of drug-likeness (QED) is 0.777. The van der Waals surface area contributed by atoms with Crippen LogP contribution in [-0.2, 0) is 6.42 Å². The predicted molar refractivity (Wildman–Crippen MR) is 71.9 cm³/mol. The molecule has 1 atom stereocenters. The van der Waals surface area contributed by atoms with E-state index < -0.39 is 0 Å². The molecular weight excluding hydrogens is 266 g/mol. The van der Waals surface area contributed by atoms with Crippen molar-refractivity contribution in [2.45, 2.75) is 46.1 Å². The zero-order chi connectivity index (χ0) is 12.1. The second-order valence-corrected chi connectivity index (χ2v) is 4.90. The molecule has 1 heterocycles. The largest absolute Gasteiger partial charge is 0.357 e. The molecule has 0 aliphatic heterocycles. The summed E-state index contributed by atoms with van der Waals surface area (Å²) in [5.41, 5.74) is 0. The number of aryl methyl sites for hydroxylation is 1. The highest BCUT2D eigenvalue weighted by Crippen LogP contribution is 2.18. The zero-order valence-electron chi connectivity index (χ0n) is 10.5. The number of hydrogen-bond acceptors (Lipinski definition) is 3. The summed E-state index contributed by atoms with van der Waals surface area (Å²) in [5.74, 6) is 1.92. The van der Waals surface area contributed by atoms with Gasteiger partial charge in [-0.2, -0.15) is 0 Å². The fraction of sp³-hybridized carbons (Fsp3) is 0.667. The Hall–Kier alpha value is -0.640. The molecule has 1 aromatic rings. The molecule has 90 valence electrons. The molecule has 1 rings (SSSR count). The van der Waals surface area contributed by atoms with Gasteiger partial charge in [-0.05, 0) is 35.7 Å². The summed E-state index contributed by atoms with van der Waals surface area (Å²) in [4.78, 5) is 11.1. The average Bonchev–Trinajstić information content (AvgIpc) is 2.26. The maximum atomic E-state index is 4.58. The van der Waals surface area contributed by atoms with Crippen LogP contribution in [0, 0.1) is 0 Å². The normalized spacial score (nSPS) is 12.6. The van der Waals surface area contributed by atoms with Crippen LogP contribution in [0.4, 0.5) is 5.82 Å². The first-order chi connectivity index (χ1) is 7.58. The first-order valence-corrected chi connectivity index (χ1v) is 6.64. The molecule has 0 aliphatic carbocycles. The smallest absolute Gasteiger partial charge is 0.133 e. The standard InChI is InChI=1S/C12H20BrN3/c1-5-7-11-14-10(13)8-12(15-11)16(4)9(3)6-2/h8-9H,5-7H2,1-4H3. The second kappa shape index (κ2) is 6.18. The van der Waals surface area contributed by atoms with E-state index >= 15 is 0 Å². The van der Waals surface area contributed by atoms with Crippen LogP contribution < -0.4 is 4.90 Å². The van der Waals surface area contributed by atoms with Gasteiger partial charge in [0.15, 0.2) is 0 Å². The van der Waals surface area contributed by atoms with E-state index in [1.54, 1.807) is 0 Å². The monoisotopic (exact) mass is 285 g/mol. The lowest BCUT2D eigenvalue weighted by Gasteiger charge is -2.25. The molecule has 0 spiro atoms. The van der Waals surface area contributed by atoms with Gasteiger partial charge in [0, 0.05) is 25.6 Å². The van der Waals surface area contributed by atoms with E-state index in [4.69, 9.17) is 0 Å². The van der Waals surface area contributed by atoms with Crippen molar-refractivity contribution in [3.05, 3.63) is 16.5 Å². The number of anilines is 1. The molecule has 0 aliphatic rings. The molecule has 16 heavy (non-hydrogen) atoms. The molecule has 0 amide bonds. The minimum Gasteiger partial charge on any atom is -0.357 e. The third kappa shape index (κ3) is 3.44. The van der Waals surface area contributed by atoms with Crippen molar-refractivity contribution in [2.75, 3.05) is 11.9 Å². The average molecular weight is 286 g/mol. The lowest BCUT2D eigenvalue weighted by molar-refractivity contribution is 0.652. The van der Waals surface area contributed by atoms with E-state index in [-0.39, 0.29) is 0 Å². The Morgan fingerprint density at radius 2 is 2.06 bits per heavy atom. The summed E-state index contributed by atoms with van der Waals surface area (Å²) in [6.07, 6.45) is 3.12. The van der Waals surface area contributed by atoms with Crippen LogP contribution >= 0.6 is 15.9 Å². The van der Waals surface area contributed by atoms with Gasteiger partial charge in [0.2, 0.25) is 0 Å². The van der Waals surface area contributed by atoms with Crippen molar-refractivity contribution in [3.63, 3.8) is 0 Å². The number of hydrogen-bond donors (Lipinski definition) is 0. The van der Waals surface area contributed by atoms with Crippen LogP contribution in [0.1, 0.15) is 39.4 Å². The van der Waals surface area contributed by atoms with Crippen molar-refractivity contribution >= 4 is 21.7 Å². The van der Waals surface area contributed by atoms with Crippen LogP contribution in [0.5, 0.6) is 0 Å². The van der Waals surface area contributed by atoms with Gasteiger partial charge in [-0.3, -0.25) is 0 Å². The first-order valence-electron chi connectivity index (χ1n) is 5.84. The summed E-state index contributed by atoms with van der Waals surface area (Å²) >= 11 is 3.44. The van der Waals surface area contributed by atoms with E-state index in [9.17, 15) is 0 Å². The van der Waals surface area contributed by atoms with Gasteiger partial charge < -0.3 is 4.90 Å². The predicted octanol–water partition coefficient (Wildman–Crippen LogP) is 3.43. The molecule has 0 saturated heterocycles. The minimum atomic E-state index is 0.497. The maximum absolute atomic E-state index is 4.58. The molecule has 4 heteroatoms. The molecule has 1 aromatic heterocycles. The topological polar surface area (TPSA) is 29.0 Å². The van der Waals surface area contributed by atoms with Gasteiger partial charge in [-0.25, -0.2) is 9.97 Å². The second-order valence-electron chi connectivity index (χ2n) is 4.08. The Bertz CT molecular complexity index is 341. The van der Waals surface area contributed by atoms with Crippen molar-refractivity contribution in [1.29, 1.82) is 0 Å². The molecule has 0 bridgehead atoms. The van der Waals surface area contributed by atoms with Gasteiger partial charge in [0.05, 0.1) is 0 Å². The summed E-state index contributed by atoms with van der Waals surface area (Å²) in [6.45, 7) is 6.53. The Morgan fingerprint density at radius 1 is 1.38 bits per heavy atom. The number of halogens is 1. The highest BCUT2D eigenvalue weighted by Gasteiger charge is 2.11. The Labute approximate surface area is 106 Å². The van der Waals surface area contributed by atoms with E-state index in [0.717, 1.165) is 35.5 Å². The van der Waals surface area contributed by atoms with Crippen molar-refractivity contribution < 1.29 is 0 Å². The summed E-state index contributed by atoms with van der Waals surface area (Å²) in [5, 5.41) is 0. The third-order valence-corrected chi connectivity index (χ3v) is 3.22. The Kier molecular flexibility index (Phi) is 5.19. The molecule has 0 saturated carbocycles. The lowest BCUT2D eigenvalue weighted by atomic mass is 10.2. The van der Waals surface area contributed by atoms with Gasteiger partial charge >= 0.3 is 0 Å². The summed E-state index contributed by atoms with van der Waals surface area (Å²) in [6, 6.07) is 2.47. The van der Waals surface area contributed by atoms with Gasteiger partial charge in [0.25, 0.3) is 0 Å². The molecule has 1 unspecified atom stereocenters. The third-order valence-electron chi connectivity index (χ3n) is 2.81. The SMILES string of the molecule is CCCc1nc(Br)cc(N(C)C(C)CC)n1. The van der Waals surface area contributed by atoms with Crippen molar-refractivity contribution in [2.24, 2.45) is 0 Å². The highest BCUT2D eigenvalue weighted by molar-refractivity contribution is 9.10. The molecule has 3 nitrogen and oxygen atoms in total. The fourth-order valence-electron chi connectivity index (χ4n) is 1.47. The maximum Gasteiger partial charge on any atom is 0.133 e. The van der Waals surface area contributed by atoms with Crippen molar-refractivity contribution in [3.8, 4) is 0 Å². The number of aromatic nitrogens is 2. The molecule has 0 N–H and O–H groups in total. The lowest BCUT2D eigenvalue weighted by Crippen LogP contribution is -2.29. The fourth-order valence-corrected chi connectivity index (χ4v) is 1.88. The number of nitrogens with zero attached hydrogens (tertiary/aromatic N) is 3. The van der Waals surface area contributed by atoms with Crippen LogP contribution in [0.15, 0.2) is 10.7 Å². The van der Waals surface area contributed by atoms with E-state index in [2.05, 4.69) is 58.6 Å². The summed E-state index contributed by atoms with van der Waals surface area (Å²) < 4.78 is 0.871. The number of rotatable bonds is 5. The van der Waals surface area contributed by atoms with Gasteiger partial charge in [-0.1, -0.05) is 13.8 Å². The summed E-state index contributed by atoms with van der Waals surface area (Å²) in [7, 11) is 2.08. The van der Waals surface area contributed by atoms with Gasteiger partial charge in [-0.15, -0.1) is 0 Å². The zero-order valence-corrected chi connectivity index (χ0v) is 12.1. The Morgan fingerprint density at radius 3 is 2.62 bits per heavy atom. The van der Waals surface area contributed by atoms with Crippen LogP contribution in [-0.4, -0.2) is 23.1 Å². The molecular formula is C12H20BrN3. The molecule has 0 fully saturated rings. The van der Waals surface area contributed by atoms with Crippen LogP contribution in [0.2, 0.25) is 0 Å². The van der Waals surface area contributed by atoms with E-state index in [1.807, 2.05) is 6.07 Å². The van der Waals surface area contributed by atoms with Crippen LogP contribution in [0.3, 0.4) is 0 Å².